The Balaban J connectivity index is 2.33. The minimum atomic E-state index is 0.476. The Labute approximate surface area is 79.5 Å². The van der Waals surface area contributed by atoms with Crippen LogP contribution in [0.2, 0.25) is 0 Å². The van der Waals surface area contributed by atoms with Crippen molar-refractivity contribution in [1.29, 1.82) is 0 Å². The second kappa shape index (κ2) is 4.97. The summed E-state index contributed by atoms with van der Waals surface area (Å²) in [5.74, 6) is 0.646. The molecule has 13 heavy (non-hydrogen) atoms. The van der Waals surface area contributed by atoms with Gasteiger partial charge in [0.15, 0.2) is 0 Å². The highest BCUT2D eigenvalue weighted by molar-refractivity contribution is 5.84. The van der Waals surface area contributed by atoms with E-state index in [2.05, 4.69) is 34.3 Å². The summed E-state index contributed by atoms with van der Waals surface area (Å²) >= 11 is 0. The molecule has 1 aliphatic carbocycles. The first-order valence-corrected chi connectivity index (χ1v) is 4.75. The normalized spacial score (nSPS) is 28.0. The first kappa shape index (κ1) is 10.2. The standard InChI is InChI=1S/C9H18N4/c1-4-12-7-5-6-8(7)13-9(10-2)11-3/h7-8,12H,2,4-6H2,1,3H3,(H,11,13)/t7-,8-/m0/s1. The number of nitrogens with one attached hydrogen (secondary N) is 2. The lowest BCUT2D eigenvalue weighted by Crippen LogP contribution is -2.56. The van der Waals surface area contributed by atoms with E-state index in [0.29, 0.717) is 18.0 Å². The van der Waals surface area contributed by atoms with Crippen molar-refractivity contribution in [2.45, 2.75) is 31.8 Å². The van der Waals surface area contributed by atoms with Gasteiger partial charge in [-0.25, -0.2) is 4.99 Å². The van der Waals surface area contributed by atoms with E-state index in [1.54, 1.807) is 7.05 Å². The minimum absolute atomic E-state index is 0.476. The molecule has 0 aromatic carbocycles. The van der Waals surface area contributed by atoms with Crippen LogP contribution in [-0.4, -0.2) is 38.4 Å². The van der Waals surface area contributed by atoms with E-state index in [0.717, 1.165) is 6.54 Å². The van der Waals surface area contributed by atoms with Gasteiger partial charge >= 0.3 is 0 Å². The highest BCUT2D eigenvalue weighted by Gasteiger charge is 2.30. The van der Waals surface area contributed by atoms with Gasteiger partial charge in [0.1, 0.15) is 0 Å². The van der Waals surface area contributed by atoms with E-state index >= 15 is 0 Å². The SMILES string of the molecule is C=NC(=NC)N[C@H]1CC[C@@H]1NCC. The van der Waals surface area contributed by atoms with Crippen LogP contribution in [0.5, 0.6) is 0 Å². The average Bonchev–Trinajstić information content (AvgIpc) is 2.14. The van der Waals surface area contributed by atoms with Gasteiger partial charge in [-0.05, 0) is 26.1 Å². The smallest absolute Gasteiger partial charge is 0.217 e. The number of rotatable bonds is 3. The molecule has 0 radical (unpaired) electrons. The molecule has 2 atom stereocenters. The second-order valence-electron chi connectivity index (χ2n) is 3.20. The van der Waals surface area contributed by atoms with E-state index < -0.39 is 0 Å². The van der Waals surface area contributed by atoms with Gasteiger partial charge in [-0.2, -0.15) is 0 Å². The third kappa shape index (κ3) is 2.52. The predicted molar refractivity (Wildman–Crippen MR) is 56.5 cm³/mol. The van der Waals surface area contributed by atoms with Crippen molar-refractivity contribution in [3.63, 3.8) is 0 Å². The molecule has 2 N–H and O–H groups in total. The van der Waals surface area contributed by atoms with E-state index in [9.17, 15) is 0 Å². The fourth-order valence-electron chi connectivity index (χ4n) is 1.53. The summed E-state index contributed by atoms with van der Waals surface area (Å²) in [5, 5.41) is 6.65. The zero-order chi connectivity index (χ0) is 9.68. The first-order chi connectivity index (χ1) is 6.31. The molecular formula is C9H18N4. The van der Waals surface area contributed by atoms with E-state index in [-0.39, 0.29) is 0 Å². The molecule has 4 nitrogen and oxygen atoms in total. The van der Waals surface area contributed by atoms with Crippen LogP contribution in [0.4, 0.5) is 0 Å². The lowest BCUT2D eigenvalue weighted by molar-refractivity contribution is 0.268. The molecule has 0 bridgehead atoms. The third-order valence-corrected chi connectivity index (χ3v) is 2.42. The number of aliphatic imine (C=N–C) groups is 2. The Bertz CT molecular complexity index is 200. The summed E-state index contributed by atoms with van der Waals surface area (Å²) in [6, 6.07) is 1.05. The van der Waals surface area contributed by atoms with Crippen LogP contribution < -0.4 is 10.6 Å². The Morgan fingerprint density at radius 1 is 1.46 bits per heavy atom. The Morgan fingerprint density at radius 3 is 2.54 bits per heavy atom. The third-order valence-electron chi connectivity index (χ3n) is 2.42. The predicted octanol–water partition coefficient (Wildman–Crippen LogP) is 0.403. The number of nitrogens with zero attached hydrogens (tertiary/aromatic N) is 2. The van der Waals surface area contributed by atoms with Crippen LogP contribution in [0.1, 0.15) is 19.8 Å². The molecule has 0 unspecified atom stereocenters. The van der Waals surface area contributed by atoms with Crippen molar-refractivity contribution >= 4 is 12.7 Å². The molecule has 0 spiro atoms. The average molecular weight is 182 g/mol. The minimum Gasteiger partial charge on any atom is -0.350 e. The van der Waals surface area contributed by atoms with Crippen LogP contribution in [0.25, 0.3) is 0 Å². The van der Waals surface area contributed by atoms with Crippen molar-refractivity contribution in [2.24, 2.45) is 9.98 Å². The Kier molecular flexibility index (Phi) is 3.89. The zero-order valence-corrected chi connectivity index (χ0v) is 8.38. The number of hydrogen-bond acceptors (Lipinski definition) is 2. The van der Waals surface area contributed by atoms with E-state index in [1.165, 1.54) is 12.8 Å². The highest BCUT2D eigenvalue weighted by Crippen LogP contribution is 2.19. The summed E-state index contributed by atoms with van der Waals surface area (Å²) in [4.78, 5) is 7.76. The van der Waals surface area contributed by atoms with Gasteiger partial charge < -0.3 is 10.6 Å². The Morgan fingerprint density at radius 2 is 2.15 bits per heavy atom. The van der Waals surface area contributed by atoms with Crippen LogP contribution >= 0.6 is 0 Å². The molecule has 0 heterocycles. The summed E-state index contributed by atoms with van der Waals surface area (Å²) in [6.07, 6.45) is 2.42. The van der Waals surface area contributed by atoms with Gasteiger partial charge in [0, 0.05) is 19.1 Å². The molecule has 0 aliphatic heterocycles. The molecule has 4 heteroatoms. The second-order valence-corrected chi connectivity index (χ2v) is 3.20. The monoisotopic (exact) mass is 182 g/mol. The fourth-order valence-corrected chi connectivity index (χ4v) is 1.53. The van der Waals surface area contributed by atoms with Crippen LogP contribution in [0.15, 0.2) is 9.98 Å². The van der Waals surface area contributed by atoms with Crippen LogP contribution in [0.3, 0.4) is 0 Å². The van der Waals surface area contributed by atoms with Gasteiger partial charge in [0.05, 0.1) is 0 Å². The van der Waals surface area contributed by atoms with Crippen molar-refractivity contribution in [3.8, 4) is 0 Å². The summed E-state index contributed by atoms with van der Waals surface area (Å²) < 4.78 is 0. The zero-order valence-electron chi connectivity index (χ0n) is 8.38. The first-order valence-electron chi connectivity index (χ1n) is 4.75. The Hall–Kier alpha value is -0.900. The van der Waals surface area contributed by atoms with Crippen molar-refractivity contribution in [2.75, 3.05) is 13.6 Å². The fraction of sp³-hybridized carbons (Fsp3) is 0.778. The highest BCUT2D eigenvalue weighted by atomic mass is 15.2. The van der Waals surface area contributed by atoms with Crippen molar-refractivity contribution < 1.29 is 0 Å². The summed E-state index contributed by atoms with van der Waals surface area (Å²) in [6.45, 7) is 6.59. The maximum atomic E-state index is 3.97. The van der Waals surface area contributed by atoms with Crippen LogP contribution in [-0.2, 0) is 0 Å². The lowest BCUT2D eigenvalue weighted by atomic mass is 9.86. The largest absolute Gasteiger partial charge is 0.350 e. The number of likely N-dealkylation sites (N-methyl/N-ethyl adjacent to an activating group) is 1. The van der Waals surface area contributed by atoms with Gasteiger partial charge in [-0.1, -0.05) is 6.92 Å². The van der Waals surface area contributed by atoms with E-state index in [1.807, 2.05) is 0 Å². The quantitative estimate of drug-likeness (QED) is 0.490. The van der Waals surface area contributed by atoms with Crippen molar-refractivity contribution in [3.05, 3.63) is 0 Å². The summed E-state index contributed by atoms with van der Waals surface area (Å²) in [7, 11) is 1.72. The number of hydrogen-bond donors (Lipinski definition) is 2. The molecule has 1 saturated carbocycles. The molecule has 0 amide bonds. The molecule has 74 valence electrons. The molecule has 1 aliphatic rings. The summed E-state index contributed by atoms with van der Waals surface area (Å²) in [5.41, 5.74) is 0. The topological polar surface area (TPSA) is 48.8 Å². The molecule has 0 saturated heterocycles. The van der Waals surface area contributed by atoms with E-state index in [4.69, 9.17) is 0 Å². The molecule has 1 fully saturated rings. The van der Waals surface area contributed by atoms with Gasteiger partial charge in [0.25, 0.3) is 0 Å². The molecule has 0 aromatic rings. The molecule has 1 rings (SSSR count). The molecule has 0 aromatic heterocycles. The lowest BCUT2D eigenvalue weighted by Gasteiger charge is -2.37. The van der Waals surface area contributed by atoms with Gasteiger partial charge in [-0.15, -0.1) is 0 Å². The van der Waals surface area contributed by atoms with Gasteiger partial charge in [0.2, 0.25) is 5.96 Å². The maximum Gasteiger partial charge on any atom is 0.217 e. The maximum absolute atomic E-state index is 3.97. The van der Waals surface area contributed by atoms with Gasteiger partial charge in [-0.3, -0.25) is 4.99 Å². The number of guanidine groups is 1. The van der Waals surface area contributed by atoms with Crippen LogP contribution in [0, 0.1) is 0 Å². The van der Waals surface area contributed by atoms with Crippen molar-refractivity contribution in [1.82, 2.24) is 10.6 Å². The molecular weight excluding hydrogens is 164 g/mol.